The zero-order valence-corrected chi connectivity index (χ0v) is 11.0. The number of nitrogens with one attached hydrogen (secondary N) is 1. The maximum atomic E-state index is 11.5. The van der Waals surface area contributed by atoms with E-state index < -0.39 is 5.23 Å². The summed E-state index contributed by atoms with van der Waals surface area (Å²) in [5.74, 6) is 0.404. The average Bonchev–Trinajstić information content (AvgIpc) is 2.88. The van der Waals surface area contributed by atoms with Crippen LogP contribution >= 0.6 is 23.2 Å². The lowest BCUT2D eigenvalue weighted by atomic mass is 9.83. The number of allylic oxidation sites excluding steroid dienone is 1. The Bertz CT molecular complexity index is 504. The first kappa shape index (κ1) is 12.5. The molecule has 0 aliphatic heterocycles. The molecule has 0 spiro atoms. The van der Waals surface area contributed by atoms with Gasteiger partial charge in [-0.25, -0.2) is 10.4 Å². The Kier molecular flexibility index (Phi) is 3.12. The van der Waals surface area contributed by atoms with Crippen molar-refractivity contribution in [2.75, 3.05) is 0 Å². The minimum atomic E-state index is -0.733. The first-order valence-corrected chi connectivity index (χ1v) is 6.69. The minimum Gasteiger partial charge on any atom is -0.600 e. The van der Waals surface area contributed by atoms with Crippen molar-refractivity contribution >= 4 is 23.2 Å². The number of benzene rings is 1. The van der Waals surface area contributed by atoms with Crippen LogP contribution in [0.25, 0.3) is 0 Å². The van der Waals surface area contributed by atoms with Crippen molar-refractivity contribution < 1.29 is 10.4 Å². The molecule has 96 valence electrons. The van der Waals surface area contributed by atoms with E-state index in [1.807, 2.05) is 12.1 Å². The SMILES string of the molecule is [O-][NH+](O)C1C2C=CC(C2)C1c1ccc(Cl)cc1Cl. The van der Waals surface area contributed by atoms with Gasteiger partial charge in [-0.05, 0) is 30.0 Å². The summed E-state index contributed by atoms with van der Waals surface area (Å²) in [5, 5.41) is 21.3. The summed E-state index contributed by atoms with van der Waals surface area (Å²) < 4.78 is 0. The summed E-state index contributed by atoms with van der Waals surface area (Å²) in [6.07, 6.45) is 5.07. The van der Waals surface area contributed by atoms with Crippen molar-refractivity contribution in [3.05, 3.63) is 51.2 Å². The van der Waals surface area contributed by atoms with Gasteiger partial charge in [-0.2, -0.15) is 0 Å². The Morgan fingerprint density at radius 3 is 2.61 bits per heavy atom. The van der Waals surface area contributed by atoms with Crippen LogP contribution in [0.1, 0.15) is 17.9 Å². The van der Waals surface area contributed by atoms with Gasteiger partial charge < -0.3 is 5.21 Å². The van der Waals surface area contributed by atoms with Gasteiger partial charge in [0.1, 0.15) is 6.04 Å². The minimum absolute atomic E-state index is 0.0257. The zero-order chi connectivity index (χ0) is 12.9. The second-order valence-electron chi connectivity index (χ2n) is 5.00. The number of rotatable bonds is 2. The van der Waals surface area contributed by atoms with E-state index in [1.54, 1.807) is 12.1 Å². The summed E-state index contributed by atoms with van der Waals surface area (Å²) in [6, 6.07) is 4.96. The lowest BCUT2D eigenvalue weighted by Crippen LogP contribution is -3.10. The van der Waals surface area contributed by atoms with Crippen LogP contribution in [0.3, 0.4) is 0 Å². The number of halogens is 2. The topological polar surface area (TPSA) is 47.7 Å². The third kappa shape index (κ3) is 1.87. The molecule has 5 unspecified atom stereocenters. The standard InChI is InChI=1S/C13H13Cl2NO2/c14-9-3-4-10(11(15)6-9)12-7-1-2-8(5-7)13(12)16(17)18/h1-4,6-8,12-13,16-17H,5H2. The molecule has 0 saturated heterocycles. The molecule has 0 amide bonds. The fraction of sp³-hybridized carbons (Fsp3) is 0.385. The van der Waals surface area contributed by atoms with Gasteiger partial charge in [-0.15, -0.1) is 0 Å². The van der Waals surface area contributed by atoms with Crippen LogP contribution in [-0.2, 0) is 0 Å². The third-order valence-corrected chi connectivity index (χ3v) is 4.63. The zero-order valence-electron chi connectivity index (χ0n) is 9.51. The van der Waals surface area contributed by atoms with Gasteiger partial charge in [0.2, 0.25) is 0 Å². The van der Waals surface area contributed by atoms with Gasteiger partial charge in [0.05, 0.1) is 0 Å². The van der Waals surface area contributed by atoms with Crippen LogP contribution in [-0.4, -0.2) is 11.2 Å². The van der Waals surface area contributed by atoms with E-state index in [-0.39, 0.29) is 23.8 Å². The van der Waals surface area contributed by atoms with Gasteiger partial charge in [-0.3, -0.25) is 0 Å². The van der Waals surface area contributed by atoms with Crippen LogP contribution in [0, 0.1) is 17.0 Å². The fourth-order valence-corrected chi connectivity index (χ4v) is 3.89. The number of hydrogen-bond acceptors (Lipinski definition) is 2. The Morgan fingerprint density at radius 1 is 1.22 bits per heavy atom. The Hall–Kier alpha value is -0.580. The Balaban J connectivity index is 2.02. The molecule has 0 aromatic heterocycles. The van der Waals surface area contributed by atoms with Crippen molar-refractivity contribution in [1.82, 2.24) is 0 Å². The Labute approximate surface area is 115 Å². The molecule has 3 rings (SSSR count). The van der Waals surface area contributed by atoms with E-state index in [0.717, 1.165) is 12.0 Å². The molecule has 3 nitrogen and oxygen atoms in total. The van der Waals surface area contributed by atoms with Gasteiger partial charge >= 0.3 is 0 Å². The summed E-state index contributed by atoms with van der Waals surface area (Å²) in [5.41, 5.74) is 0.908. The van der Waals surface area contributed by atoms with Gasteiger partial charge in [0.25, 0.3) is 0 Å². The van der Waals surface area contributed by atoms with E-state index in [9.17, 15) is 10.4 Å². The molecule has 1 saturated carbocycles. The molecule has 1 aromatic rings. The van der Waals surface area contributed by atoms with Crippen LogP contribution in [0.4, 0.5) is 0 Å². The molecule has 5 atom stereocenters. The van der Waals surface area contributed by atoms with Crippen LogP contribution in [0.2, 0.25) is 10.0 Å². The Morgan fingerprint density at radius 2 is 1.94 bits per heavy atom. The molecule has 1 fully saturated rings. The van der Waals surface area contributed by atoms with E-state index in [1.165, 1.54) is 0 Å². The molecule has 1 aromatic carbocycles. The van der Waals surface area contributed by atoms with E-state index in [0.29, 0.717) is 10.0 Å². The third-order valence-electron chi connectivity index (χ3n) is 4.07. The van der Waals surface area contributed by atoms with E-state index >= 15 is 0 Å². The first-order valence-electron chi connectivity index (χ1n) is 5.94. The lowest BCUT2D eigenvalue weighted by Gasteiger charge is -2.32. The van der Waals surface area contributed by atoms with Crippen molar-refractivity contribution in [1.29, 1.82) is 0 Å². The van der Waals surface area contributed by atoms with E-state index in [4.69, 9.17) is 23.2 Å². The second kappa shape index (κ2) is 4.51. The molecular weight excluding hydrogens is 273 g/mol. The summed E-state index contributed by atoms with van der Waals surface area (Å²) in [4.78, 5) is 0. The molecule has 2 N–H and O–H groups in total. The highest BCUT2D eigenvalue weighted by atomic mass is 35.5. The first-order chi connectivity index (χ1) is 8.58. The lowest BCUT2D eigenvalue weighted by molar-refractivity contribution is -1.07. The molecule has 2 aliphatic carbocycles. The predicted octanol–water partition coefficient (Wildman–Crippen LogP) is 2.42. The summed E-state index contributed by atoms with van der Waals surface area (Å²) in [6.45, 7) is 0. The fourth-order valence-electron chi connectivity index (χ4n) is 3.35. The normalized spacial score (nSPS) is 35.1. The number of hydroxylamine groups is 2. The van der Waals surface area contributed by atoms with Gasteiger partial charge in [0.15, 0.2) is 0 Å². The summed E-state index contributed by atoms with van der Waals surface area (Å²) >= 11 is 12.1. The molecule has 5 heteroatoms. The van der Waals surface area contributed by atoms with Crippen molar-refractivity contribution in [3.8, 4) is 0 Å². The van der Waals surface area contributed by atoms with Gasteiger partial charge in [-0.1, -0.05) is 41.4 Å². The van der Waals surface area contributed by atoms with E-state index in [2.05, 4.69) is 6.08 Å². The van der Waals surface area contributed by atoms with Gasteiger partial charge in [0, 0.05) is 21.9 Å². The molecule has 0 radical (unpaired) electrons. The molecule has 2 bridgehead atoms. The molecule has 18 heavy (non-hydrogen) atoms. The second-order valence-corrected chi connectivity index (χ2v) is 5.85. The van der Waals surface area contributed by atoms with Crippen molar-refractivity contribution in [2.45, 2.75) is 18.4 Å². The number of quaternary nitrogens is 1. The molecule has 0 heterocycles. The van der Waals surface area contributed by atoms with Crippen LogP contribution in [0.15, 0.2) is 30.4 Å². The monoisotopic (exact) mass is 285 g/mol. The highest BCUT2D eigenvalue weighted by Crippen LogP contribution is 2.49. The number of fused-ring (bicyclic) bond motifs is 2. The maximum absolute atomic E-state index is 11.5. The highest BCUT2D eigenvalue weighted by molar-refractivity contribution is 6.35. The van der Waals surface area contributed by atoms with Crippen LogP contribution in [0.5, 0.6) is 0 Å². The molecular formula is C13H13Cl2NO2. The highest BCUT2D eigenvalue weighted by Gasteiger charge is 2.49. The quantitative estimate of drug-likeness (QED) is 0.648. The average molecular weight is 286 g/mol. The maximum Gasteiger partial charge on any atom is 0.131 e. The van der Waals surface area contributed by atoms with Crippen LogP contribution < -0.4 is 5.23 Å². The molecule has 2 aliphatic rings. The summed E-state index contributed by atoms with van der Waals surface area (Å²) in [7, 11) is 0. The largest absolute Gasteiger partial charge is 0.600 e. The van der Waals surface area contributed by atoms with Crippen molar-refractivity contribution in [3.63, 3.8) is 0 Å². The number of hydrogen-bond donors (Lipinski definition) is 2. The smallest absolute Gasteiger partial charge is 0.131 e. The van der Waals surface area contributed by atoms with Crippen molar-refractivity contribution in [2.24, 2.45) is 11.8 Å². The predicted molar refractivity (Wildman–Crippen MR) is 69.8 cm³/mol.